The average Bonchev–Trinajstić information content (AvgIpc) is 3.22. The Balaban J connectivity index is 1.43. The summed E-state index contributed by atoms with van der Waals surface area (Å²) in [6, 6.07) is 3.38. The van der Waals surface area contributed by atoms with Gasteiger partial charge in [-0.2, -0.15) is 4.31 Å². The normalized spacial score (nSPS) is 26.9. The van der Waals surface area contributed by atoms with Crippen molar-refractivity contribution in [2.24, 2.45) is 0 Å². The highest BCUT2D eigenvalue weighted by atomic mass is 32.2. The van der Waals surface area contributed by atoms with E-state index in [9.17, 15) is 13.2 Å². The second-order valence-electron chi connectivity index (χ2n) is 7.44. The van der Waals surface area contributed by atoms with Crippen LogP contribution in [0.2, 0.25) is 0 Å². The van der Waals surface area contributed by atoms with Crippen LogP contribution in [0.3, 0.4) is 0 Å². The summed E-state index contributed by atoms with van der Waals surface area (Å²) in [5.74, 6) is 0.708. The number of carbonyl (C=O) groups is 1. The molecule has 2 atom stereocenters. The third kappa shape index (κ3) is 3.26. The third-order valence-electron chi connectivity index (χ3n) is 5.58. The van der Waals surface area contributed by atoms with Gasteiger partial charge in [0.25, 0.3) is 0 Å². The lowest BCUT2D eigenvalue weighted by Gasteiger charge is -2.36. The maximum absolute atomic E-state index is 12.9. The highest BCUT2D eigenvalue weighted by Crippen LogP contribution is 2.30. The van der Waals surface area contributed by atoms with E-state index in [1.54, 1.807) is 12.1 Å². The van der Waals surface area contributed by atoms with Crippen LogP contribution in [0.5, 0.6) is 0 Å². The van der Waals surface area contributed by atoms with Gasteiger partial charge in [-0.1, -0.05) is 0 Å². The van der Waals surface area contributed by atoms with Gasteiger partial charge in [-0.3, -0.25) is 4.90 Å². The summed E-state index contributed by atoms with van der Waals surface area (Å²) >= 11 is 0. The number of anilines is 1. The molecule has 0 radical (unpaired) electrons. The smallest absolute Gasteiger partial charge is 0.410 e. The van der Waals surface area contributed by atoms with E-state index in [0.29, 0.717) is 38.3 Å². The summed E-state index contributed by atoms with van der Waals surface area (Å²) in [4.78, 5) is 20.3. The van der Waals surface area contributed by atoms with Crippen molar-refractivity contribution < 1.29 is 17.9 Å². The minimum Gasteiger partial charge on any atom is -0.442 e. The molecule has 0 saturated carbocycles. The topological polar surface area (TPSA) is 95.1 Å². The third-order valence-corrected chi connectivity index (χ3v) is 7.46. The molecule has 1 amide bonds. The van der Waals surface area contributed by atoms with Gasteiger partial charge >= 0.3 is 6.09 Å². The van der Waals surface area contributed by atoms with Crippen LogP contribution in [-0.2, 0) is 14.8 Å². The quantitative estimate of drug-likeness (QED) is 0.772. The van der Waals surface area contributed by atoms with Crippen molar-refractivity contribution in [2.45, 2.75) is 35.9 Å². The fourth-order valence-electron chi connectivity index (χ4n) is 4.08. The van der Waals surface area contributed by atoms with Crippen LogP contribution in [0.25, 0.3) is 0 Å². The average molecular weight is 395 g/mol. The molecule has 3 aliphatic heterocycles. The molecule has 148 valence electrons. The van der Waals surface area contributed by atoms with Crippen molar-refractivity contribution in [3.8, 4) is 0 Å². The fraction of sp³-hybridized carbons (Fsp3) is 0.647. The molecule has 3 aliphatic rings. The van der Waals surface area contributed by atoms with Crippen molar-refractivity contribution >= 4 is 21.9 Å². The molecule has 0 unspecified atom stereocenters. The Kier molecular flexibility index (Phi) is 4.73. The SMILES string of the molecule is CN(C)c1ccc(S(=O)(=O)N2CCC(N3C(=O)O[C@H]4CNC[C@H]43)CC2)cn1. The van der Waals surface area contributed by atoms with Gasteiger partial charge in [0.15, 0.2) is 0 Å². The van der Waals surface area contributed by atoms with Gasteiger partial charge in [0.2, 0.25) is 10.0 Å². The lowest BCUT2D eigenvalue weighted by atomic mass is 10.0. The number of hydrogen-bond donors (Lipinski definition) is 1. The van der Waals surface area contributed by atoms with E-state index in [1.807, 2.05) is 23.9 Å². The number of sulfonamides is 1. The van der Waals surface area contributed by atoms with E-state index in [2.05, 4.69) is 10.3 Å². The van der Waals surface area contributed by atoms with Gasteiger partial charge in [0.1, 0.15) is 16.8 Å². The van der Waals surface area contributed by atoms with Crippen molar-refractivity contribution in [2.75, 3.05) is 45.2 Å². The molecular formula is C17H25N5O4S. The van der Waals surface area contributed by atoms with E-state index in [1.165, 1.54) is 10.5 Å². The molecule has 9 nitrogen and oxygen atoms in total. The van der Waals surface area contributed by atoms with Crippen LogP contribution in [0.1, 0.15) is 12.8 Å². The molecule has 3 saturated heterocycles. The molecule has 27 heavy (non-hydrogen) atoms. The Morgan fingerprint density at radius 3 is 2.59 bits per heavy atom. The molecule has 4 rings (SSSR count). The largest absolute Gasteiger partial charge is 0.442 e. The van der Waals surface area contributed by atoms with Gasteiger partial charge in [-0.05, 0) is 25.0 Å². The Labute approximate surface area is 159 Å². The van der Waals surface area contributed by atoms with E-state index in [-0.39, 0.29) is 29.2 Å². The molecule has 0 aliphatic carbocycles. The fourth-order valence-corrected chi connectivity index (χ4v) is 5.50. The van der Waals surface area contributed by atoms with Crippen molar-refractivity contribution in [1.29, 1.82) is 0 Å². The molecule has 0 bridgehead atoms. The van der Waals surface area contributed by atoms with Crippen LogP contribution in [-0.4, -0.2) is 87.2 Å². The number of fused-ring (bicyclic) bond motifs is 1. The zero-order valence-corrected chi connectivity index (χ0v) is 16.4. The first-order valence-corrected chi connectivity index (χ1v) is 10.6. The maximum atomic E-state index is 12.9. The number of ether oxygens (including phenoxy) is 1. The molecule has 1 N–H and O–H groups in total. The second-order valence-corrected chi connectivity index (χ2v) is 9.37. The van der Waals surface area contributed by atoms with E-state index in [4.69, 9.17) is 4.74 Å². The number of aromatic nitrogens is 1. The molecule has 0 aromatic carbocycles. The number of nitrogens with zero attached hydrogens (tertiary/aromatic N) is 4. The number of hydrogen-bond acceptors (Lipinski definition) is 7. The second kappa shape index (κ2) is 6.92. The molecule has 1 aromatic rings. The number of pyridine rings is 1. The summed E-state index contributed by atoms with van der Waals surface area (Å²) in [6.45, 7) is 2.20. The predicted octanol–water partition coefficient (Wildman–Crippen LogP) is 0.0933. The Morgan fingerprint density at radius 2 is 1.96 bits per heavy atom. The van der Waals surface area contributed by atoms with Gasteiger partial charge in [-0.25, -0.2) is 18.2 Å². The highest BCUT2D eigenvalue weighted by Gasteiger charge is 2.48. The summed E-state index contributed by atoms with van der Waals surface area (Å²) in [6.07, 6.45) is 2.28. The first-order valence-electron chi connectivity index (χ1n) is 9.21. The van der Waals surface area contributed by atoms with Crippen LogP contribution in [0.15, 0.2) is 23.2 Å². The van der Waals surface area contributed by atoms with E-state index < -0.39 is 10.0 Å². The lowest BCUT2D eigenvalue weighted by molar-refractivity contribution is 0.117. The zero-order chi connectivity index (χ0) is 19.2. The summed E-state index contributed by atoms with van der Waals surface area (Å²) in [5, 5.41) is 3.25. The first kappa shape index (κ1) is 18.5. The van der Waals surface area contributed by atoms with Crippen molar-refractivity contribution in [3.05, 3.63) is 18.3 Å². The number of piperidine rings is 1. The lowest BCUT2D eigenvalue weighted by Crippen LogP contribution is -2.50. The van der Waals surface area contributed by atoms with Crippen LogP contribution in [0.4, 0.5) is 10.6 Å². The number of rotatable bonds is 4. The number of nitrogens with one attached hydrogen (secondary N) is 1. The number of carbonyl (C=O) groups excluding carboxylic acids is 1. The zero-order valence-electron chi connectivity index (χ0n) is 15.5. The standard InChI is InChI=1S/C17H25N5O4S/c1-20(2)16-4-3-13(9-19-16)27(24,25)21-7-5-12(6-8-21)22-14-10-18-11-15(14)26-17(22)23/h3-4,9,12,14-15,18H,5-8,10-11H2,1-2H3/t14-,15+/m1/s1. The molecule has 0 spiro atoms. The molecule has 1 aromatic heterocycles. The van der Waals surface area contributed by atoms with Gasteiger partial charge in [0, 0.05) is 52.5 Å². The van der Waals surface area contributed by atoms with Gasteiger partial charge in [-0.15, -0.1) is 0 Å². The van der Waals surface area contributed by atoms with E-state index >= 15 is 0 Å². The highest BCUT2D eigenvalue weighted by molar-refractivity contribution is 7.89. The van der Waals surface area contributed by atoms with Crippen LogP contribution >= 0.6 is 0 Å². The summed E-state index contributed by atoms with van der Waals surface area (Å²) in [7, 11) is 0.135. The Bertz CT molecular complexity index is 805. The predicted molar refractivity (Wildman–Crippen MR) is 99.1 cm³/mol. The first-order chi connectivity index (χ1) is 12.9. The minimum atomic E-state index is -3.58. The van der Waals surface area contributed by atoms with Crippen LogP contribution < -0.4 is 10.2 Å². The monoisotopic (exact) mass is 395 g/mol. The molecule has 4 heterocycles. The van der Waals surface area contributed by atoms with Crippen molar-refractivity contribution in [1.82, 2.24) is 19.5 Å². The minimum absolute atomic E-state index is 0.0214. The molecule has 3 fully saturated rings. The Hall–Kier alpha value is -1.91. The summed E-state index contributed by atoms with van der Waals surface area (Å²) < 4.78 is 32.7. The molecule has 10 heteroatoms. The molecular weight excluding hydrogens is 370 g/mol. The van der Waals surface area contributed by atoms with Gasteiger partial charge in [0.05, 0.1) is 6.04 Å². The van der Waals surface area contributed by atoms with Crippen molar-refractivity contribution in [3.63, 3.8) is 0 Å². The van der Waals surface area contributed by atoms with Crippen LogP contribution in [0, 0.1) is 0 Å². The number of amides is 1. The van der Waals surface area contributed by atoms with Gasteiger partial charge < -0.3 is 15.0 Å². The summed E-state index contributed by atoms with van der Waals surface area (Å²) in [5.41, 5.74) is 0. The van der Waals surface area contributed by atoms with E-state index in [0.717, 1.165) is 6.54 Å². The Morgan fingerprint density at radius 1 is 1.22 bits per heavy atom. The maximum Gasteiger partial charge on any atom is 0.410 e.